The molecule has 1 atom stereocenters. The van der Waals surface area contributed by atoms with Gasteiger partial charge in [-0.15, -0.1) is 0 Å². The molecule has 88 valence electrons. The monoisotopic (exact) mass is 228 g/mol. The lowest BCUT2D eigenvalue weighted by Gasteiger charge is -2.25. The van der Waals surface area contributed by atoms with E-state index < -0.39 is 5.92 Å². The number of rotatable bonds is 4. The highest BCUT2D eigenvalue weighted by molar-refractivity contribution is 5.86. The maximum absolute atomic E-state index is 11.9. The molecule has 0 saturated heterocycles. The van der Waals surface area contributed by atoms with Gasteiger partial charge in [0.05, 0.1) is 6.07 Å². The second-order valence-corrected chi connectivity index (χ2v) is 4.51. The maximum Gasteiger partial charge on any atom is 0.241 e. The van der Waals surface area contributed by atoms with Crippen molar-refractivity contribution in [3.05, 3.63) is 35.9 Å². The van der Waals surface area contributed by atoms with Crippen LogP contribution >= 0.6 is 0 Å². The first-order chi connectivity index (χ1) is 8.31. The number of hydrogen-bond donors (Lipinski definition) is 1. The molecule has 0 heterocycles. The number of hydrogen-bond acceptors (Lipinski definition) is 2. The molecule has 2 rings (SSSR count). The highest BCUT2D eigenvalue weighted by Gasteiger charge is 2.22. The zero-order chi connectivity index (χ0) is 12.1. The predicted molar refractivity (Wildman–Crippen MR) is 65.1 cm³/mol. The summed E-state index contributed by atoms with van der Waals surface area (Å²) in [4.78, 5) is 11.9. The van der Waals surface area contributed by atoms with Crippen molar-refractivity contribution in [2.24, 2.45) is 5.92 Å². The van der Waals surface area contributed by atoms with Crippen molar-refractivity contribution < 1.29 is 4.79 Å². The molecule has 1 unspecified atom stereocenters. The molecule has 1 saturated carbocycles. The Hall–Kier alpha value is -1.82. The first kappa shape index (κ1) is 11.7. The molecule has 0 aromatic heterocycles. The van der Waals surface area contributed by atoms with Crippen LogP contribution in [0.2, 0.25) is 0 Å². The van der Waals surface area contributed by atoms with Crippen molar-refractivity contribution in [2.75, 3.05) is 6.54 Å². The molecule has 1 N–H and O–H groups in total. The standard InChI is InChI=1S/C14H16N2O/c15-9-13(12-7-2-1-3-8-12)14(17)16-10-11-5-4-6-11/h1-3,7-8,11,13H,4-6,10H2,(H,16,17). The molecular weight excluding hydrogens is 212 g/mol. The molecule has 3 heteroatoms. The molecule has 0 radical (unpaired) electrons. The molecule has 1 aromatic carbocycles. The van der Waals surface area contributed by atoms with E-state index >= 15 is 0 Å². The average molecular weight is 228 g/mol. The lowest BCUT2D eigenvalue weighted by atomic mass is 9.85. The topological polar surface area (TPSA) is 52.9 Å². The van der Waals surface area contributed by atoms with Crippen molar-refractivity contribution in [3.8, 4) is 6.07 Å². The largest absolute Gasteiger partial charge is 0.354 e. The quantitative estimate of drug-likeness (QED) is 0.859. The van der Waals surface area contributed by atoms with Crippen LogP contribution in [0.25, 0.3) is 0 Å². The number of carbonyl (C=O) groups excluding carboxylic acids is 1. The van der Waals surface area contributed by atoms with E-state index in [-0.39, 0.29) is 5.91 Å². The third-order valence-corrected chi connectivity index (χ3v) is 3.31. The van der Waals surface area contributed by atoms with Crippen LogP contribution in [0.3, 0.4) is 0 Å². The summed E-state index contributed by atoms with van der Waals surface area (Å²) in [6, 6.07) is 11.3. The molecule has 17 heavy (non-hydrogen) atoms. The summed E-state index contributed by atoms with van der Waals surface area (Å²) >= 11 is 0. The van der Waals surface area contributed by atoms with Gasteiger partial charge in [-0.3, -0.25) is 4.79 Å². The van der Waals surface area contributed by atoms with Crippen molar-refractivity contribution in [2.45, 2.75) is 25.2 Å². The van der Waals surface area contributed by atoms with Gasteiger partial charge in [0.2, 0.25) is 5.91 Å². The lowest BCUT2D eigenvalue weighted by Crippen LogP contribution is -2.35. The third kappa shape index (κ3) is 2.85. The maximum atomic E-state index is 11.9. The van der Waals surface area contributed by atoms with Crippen LogP contribution in [0.4, 0.5) is 0 Å². The Morgan fingerprint density at radius 2 is 2.12 bits per heavy atom. The van der Waals surface area contributed by atoms with Gasteiger partial charge < -0.3 is 5.32 Å². The van der Waals surface area contributed by atoms with Crippen LogP contribution in [-0.2, 0) is 4.79 Å². The Morgan fingerprint density at radius 3 is 2.65 bits per heavy atom. The highest BCUT2D eigenvalue weighted by atomic mass is 16.1. The Morgan fingerprint density at radius 1 is 1.41 bits per heavy atom. The van der Waals surface area contributed by atoms with Crippen LogP contribution < -0.4 is 5.32 Å². The molecule has 1 aromatic rings. The van der Waals surface area contributed by atoms with Gasteiger partial charge >= 0.3 is 0 Å². The molecule has 0 spiro atoms. The molecule has 3 nitrogen and oxygen atoms in total. The molecule has 1 fully saturated rings. The summed E-state index contributed by atoms with van der Waals surface area (Å²) in [5.74, 6) is -0.240. The van der Waals surface area contributed by atoms with Crippen LogP contribution in [-0.4, -0.2) is 12.5 Å². The molecule has 1 aliphatic carbocycles. The zero-order valence-electron chi connectivity index (χ0n) is 9.73. The Kier molecular flexibility index (Phi) is 3.77. The van der Waals surface area contributed by atoms with Gasteiger partial charge in [0, 0.05) is 6.54 Å². The molecule has 0 aliphatic heterocycles. The van der Waals surface area contributed by atoms with Crippen LogP contribution in [0.5, 0.6) is 0 Å². The van der Waals surface area contributed by atoms with Gasteiger partial charge in [0.25, 0.3) is 0 Å². The van der Waals surface area contributed by atoms with Crippen molar-refractivity contribution in [1.29, 1.82) is 5.26 Å². The first-order valence-electron chi connectivity index (χ1n) is 6.03. The first-order valence-corrected chi connectivity index (χ1v) is 6.03. The Labute approximate surface area is 101 Å². The Bertz CT molecular complexity index is 418. The number of benzene rings is 1. The summed E-state index contributed by atoms with van der Waals surface area (Å²) in [6.07, 6.45) is 3.66. The van der Waals surface area contributed by atoms with E-state index in [0.29, 0.717) is 12.5 Å². The number of nitrogens with one attached hydrogen (secondary N) is 1. The fourth-order valence-corrected chi connectivity index (χ4v) is 1.97. The van der Waals surface area contributed by atoms with Gasteiger partial charge in [-0.05, 0) is 24.3 Å². The van der Waals surface area contributed by atoms with Gasteiger partial charge in [0.1, 0.15) is 5.92 Å². The van der Waals surface area contributed by atoms with Crippen LogP contribution in [0.1, 0.15) is 30.7 Å². The van der Waals surface area contributed by atoms with E-state index in [1.807, 2.05) is 30.3 Å². The van der Waals surface area contributed by atoms with E-state index in [2.05, 4.69) is 11.4 Å². The summed E-state index contributed by atoms with van der Waals surface area (Å²) in [5.41, 5.74) is 0.765. The fourth-order valence-electron chi connectivity index (χ4n) is 1.97. The molecule has 0 bridgehead atoms. The second kappa shape index (κ2) is 5.49. The van der Waals surface area contributed by atoms with Gasteiger partial charge in [0.15, 0.2) is 0 Å². The van der Waals surface area contributed by atoms with Crippen molar-refractivity contribution in [3.63, 3.8) is 0 Å². The third-order valence-electron chi connectivity index (χ3n) is 3.31. The van der Waals surface area contributed by atoms with Gasteiger partial charge in [-0.2, -0.15) is 5.26 Å². The normalized spacial score (nSPS) is 16.6. The van der Waals surface area contributed by atoms with Gasteiger partial charge in [-0.1, -0.05) is 36.8 Å². The van der Waals surface area contributed by atoms with E-state index in [4.69, 9.17) is 5.26 Å². The fraction of sp³-hybridized carbons (Fsp3) is 0.429. The summed E-state index contributed by atoms with van der Waals surface area (Å²) in [6.45, 7) is 0.712. The van der Waals surface area contributed by atoms with E-state index in [0.717, 1.165) is 5.56 Å². The molecule has 1 amide bonds. The molecule has 1 aliphatic rings. The molecular formula is C14H16N2O. The van der Waals surface area contributed by atoms with E-state index in [1.54, 1.807) is 0 Å². The number of amides is 1. The minimum Gasteiger partial charge on any atom is -0.354 e. The van der Waals surface area contributed by atoms with Gasteiger partial charge in [-0.25, -0.2) is 0 Å². The van der Waals surface area contributed by atoms with E-state index in [1.165, 1.54) is 19.3 Å². The second-order valence-electron chi connectivity index (χ2n) is 4.51. The summed E-state index contributed by atoms with van der Waals surface area (Å²) < 4.78 is 0. The summed E-state index contributed by atoms with van der Waals surface area (Å²) in [5, 5.41) is 11.9. The lowest BCUT2D eigenvalue weighted by molar-refractivity contribution is -0.121. The SMILES string of the molecule is N#CC(C(=O)NCC1CCC1)c1ccccc1. The predicted octanol–water partition coefficient (Wildman–Crippen LogP) is 2.21. The zero-order valence-corrected chi connectivity index (χ0v) is 9.73. The number of nitrogens with zero attached hydrogens (tertiary/aromatic N) is 1. The van der Waals surface area contributed by atoms with Crippen LogP contribution in [0, 0.1) is 17.2 Å². The minimum absolute atomic E-state index is 0.175. The van der Waals surface area contributed by atoms with Crippen molar-refractivity contribution in [1.82, 2.24) is 5.32 Å². The van der Waals surface area contributed by atoms with E-state index in [9.17, 15) is 4.79 Å². The summed E-state index contributed by atoms with van der Waals surface area (Å²) in [7, 11) is 0. The average Bonchev–Trinajstić information content (AvgIpc) is 2.29. The van der Waals surface area contributed by atoms with Crippen molar-refractivity contribution >= 4 is 5.91 Å². The number of nitriles is 1. The number of carbonyl (C=O) groups is 1. The van der Waals surface area contributed by atoms with Crippen LogP contribution in [0.15, 0.2) is 30.3 Å². The minimum atomic E-state index is -0.684. The smallest absolute Gasteiger partial charge is 0.241 e. The Balaban J connectivity index is 1.93. The highest BCUT2D eigenvalue weighted by Crippen LogP contribution is 2.25.